The zero-order chi connectivity index (χ0) is 15.0. The van der Waals surface area contributed by atoms with Gasteiger partial charge in [0, 0.05) is 19.8 Å². The van der Waals surface area contributed by atoms with E-state index in [4.69, 9.17) is 9.84 Å². The number of carboxylic acid groups (broad SMARTS) is 1. The Kier molecular flexibility index (Phi) is 3.62. The van der Waals surface area contributed by atoms with Crippen LogP contribution < -0.4 is 4.31 Å². The minimum Gasteiger partial charge on any atom is -0.478 e. The van der Waals surface area contributed by atoms with E-state index in [-0.39, 0.29) is 5.56 Å². The lowest BCUT2D eigenvalue weighted by Crippen LogP contribution is -2.40. The maximum atomic E-state index is 12.7. The molecule has 0 bridgehead atoms. The lowest BCUT2D eigenvalue weighted by molar-refractivity contribution is 0.0697. The maximum absolute atomic E-state index is 12.7. The van der Waals surface area contributed by atoms with Crippen LogP contribution in [0.25, 0.3) is 0 Å². The van der Waals surface area contributed by atoms with Crippen LogP contribution in [-0.2, 0) is 21.2 Å². The molecule has 0 aliphatic carbocycles. The predicted octanol–water partition coefficient (Wildman–Crippen LogP) is 1.26. The number of rotatable bonds is 3. The Labute approximate surface area is 123 Å². The summed E-state index contributed by atoms with van der Waals surface area (Å²) < 4.78 is 32.1. The van der Waals surface area contributed by atoms with Crippen LogP contribution in [0.15, 0.2) is 18.2 Å². The van der Waals surface area contributed by atoms with Crippen molar-refractivity contribution in [2.75, 3.05) is 24.1 Å². The van der Waals surface area contributed by atoms with Crippen molar-refractivity contribution in [3.05, 3.63) is 29.3 Å². The highest BCUT2D eigenvalue weighted by Gasteiger charge is 2.36. The molecule has 3 rings (SSSR count). The molecule has 2 heterocycles. The molecule has 0 saturated carbocycles. The number of hydrogen-bond donors (Lipinski definition) is 1. The van der Waals surface area contributed by atoms with Crippen molar-refractivity contribution >= 4 is 21.7 Å². The Balaban J connectivity index is 1.91. The van der Waals surface area contributed by atoms with Crippen LogP contribution in [-0.4, -0.2) is 44.5 Å². The van der Waals surface area contributed by atoms with Gasteiger partial charge in [0.05, 0.1) is 16.5 Å². The molecule has 114 valence electrons. The second kappa shape index (κ2) is 5.31. The highest BCUT2D eigenvalue weighted by atomic mass is 32.2. The standard InChI is InChI=1S/C14H17NO5S/c16-14(17)11-1-2-13-10(9-11)3-6-15(13)21(18,19)12-4-7-20-8-5-12/h1-2,9,12H,3-8H2,(H,16,17). The van der Waals surface area contributed by atoms with Crippen LogP contribution >= 0.6 is 0 Å². The van der Waals surface area contributed by atoms with Gasteiger partial charge in [-0.05, 0) is 43.0 Å². The number of aromatic carboxylic acids is 1. The normalized spacial score (nSPS) is 19.5. The monoisotopic (exact) mass is 311 g/mol. The van der Waals surface area contributed by atoms with Crippen LogP contribution in [0, 0.1) is 0 Å². The molecule has 7 heteroatoms. The van der Waals surface area contributed by atoms with Gasteiger partial charge in [0.1, 0.15) is 0 Å². The summed E-state index contributed by atoms with van der Waals surface area (Å²) in [7, 11) is -3.40. The summed E-state index contributed by atoms with van der Waals surface area (Å²) >= 11 is 0. The van der Waals surface area contributed by atoms with Crippen molar-refractivity contribution in [1.82, 2.24) is 0 Å². The van der Waals surface area contributed by atoms with Crippen LogP contribution in [0.3, 0.4) is 0 Å². The quantitative estimate of drug-likeness (QED) is 0.908. The summed E-state index contributed by atoms with van der Waals surface area (Å²) in [5, 5.41) is 8.59. The van der Waals surface area contributed by atoms with Gasteiger partial charge < -0.3 is 9.84 Å². The Morgan fingerprint density at radius 3 is 2.67 bits per heavy atom. The summed E-state index contributed by atoms with van der Waals surface area (Å²) in [5.41, 5.74) is 1.59. The molecule has 0 unspecified atom stereocenters. The molecule has 1 aromatic carbocycles. The summed E-state index contributed by atoms with van der Waals surface area (Å²) in [5.74, 6) is -0.997. The van der Waals surface area contributed by atoms with Gasteiger partial charge in [-0.15, -0.1) is 0 Å². The molecule has 1 N–H and O–H groups in total. The molecule has 0 radical (unpaired) electrons. The molecule has 2 aliphatic rings. The first kappa shape index (κ1) is 14.3. The smallest absolute Gasteiger partial charge is 0.335 e. The minimum atomic E-state index is -3.40. The van der Waals surface area contributed by atoms with Gasteiger partial charge in [-0.25, -0.2) is 13.2 Å². The third-order valence-corrected chi connectivity index (χ3v) is 6.38. The Morgan fingerprint density at radius 1 is 1.29 bits per heavy atom. The zero-order valence-corrected chi connectivity index (χ0v) is 12.3. The average molecular weight is 311 g/mol. The van der Waals surface area contributed by atoms with E-state index in [0.717, 1.165) is 5.56 Å². The highest BCUT2D eigenvalue weighted by Crippen LogP contribution is 2.34. The molecular weight excluding hydrogens is 294 g/mol. The van der Waals surface area contributed by atoms with Crippen LogP contribution in [0.4, 0.5) is 5.69 Å². The topological polar surface area (TPSA) is 83.9 Å². The van der Waals surface area contributed by atoms with E-state index in [1.54, 1.807) is 12.1 Å². The number of hydrogen-bond acceptors (Lipinski definition) is 4. The molecule has 0 spiro atoms. The number of carbonyl (C=O) groups is 1. The van der Waals surface area contributed by atoms with E-state index in [0.29, 0.717) is 44.7 Å². The van der Waals surface area contributed by atoms with Gasteiger partial charge in [-0.2, -0.15) is 0 Å². The fourth-order valence-electron chi connectivity index (χ4n) is 2.92. The fraction of sp³-hybridized carbons (Fsp3) is 0.500. The molecule has 0 aromatic heterocycles. The van der Waals surface area contributed by atoms with Crippen LogP contribution in [0.2, 0.25) is 0 Å². The summed E-state index contributed by atoms with van der Waals surface area (Å²) in [6, 6.07) is 4.62. The van der Waals surface area contributed by atoms with Crippen molar-refractivity contribution in [3.63, 3.8) is 0 Å². The number of ether oxygens (including phenoxy) is 1. The van der Waals surface area contributed by atoms with E-state index in [9.17, 15) is 13.2 Å². The van der Waals surface area contributed by atoms with Gasteiger partial charge >= 0.3 is 5.97 Å². The first-order valence-corrected chi connectivity index (χ1v) is 8.46. The molecule has 0 atom stereocenters. The molecule has 1 saturated heterocycles. The number of carboxylic acids is 1. The Bertz CT molecular complexity index is 664. The molecule has 1 fully saturated rings. The molecule has 1 aromatic rings. The summed E-state index contributed by atoms with van der Waals surface area (Å²) in [4.78, 5) is 11.0. The second-order valence-corrected chi connectivity index (χ2v) is 7.46. The Hall–Kier alpha value is -1.60. The van der Waals surface area contributed by atoms with E-state index in [1.807, 2.05) is 0 Å². The van der Waals surface area contributed by atoms with Crippen molar-refractivity contribution in [3.8, 4) is 0 Å². The highest BCUT2D eigenvalue weighted by molar-refractivity contribution is 7.93. The third kappa shape index (κ3) is 2.51. The number of nitrogens with zero attached hydrogens (tertiary/aromatic N) is 1. The van der Waals surface area contributed by atoms with E-state index in [1.165, 1.54) is 10.4 Å². The molecule has 0 amide bonds. The summed E-state index contributed by atoms with van der Waals surface area (Å²) in [6.07, 6.45) is 1.58. The lowest BCUT2D eigenvalue weighted by atomic mass is 10.1. The van der Waals surface area contributed by atoms with Gasteiger partial charge in [0.25, 0.3) is 0 Å². The molecule has 2 aliphatic heterocycles. The zero-order valence-electron chi connectivity index (χ0n) is 11.5. The predicted molar refractivity (Wildman–Crippen MR) is 77.2 cm³/mol. The van der Waals surface area contributed by atoms with Crippen molar-refractivity contribution in [1.29, 1.82) is 0 Å². The maximum Gasteiger partial charge on any atom is 0.335 e. The van der Waals surface area contributed by atoms with E-state index < -0.39 is 21.2 Å². The number of anilines is 1. The first-order chi connectivity index (χ1) is 10.00. The van der Waals surface area contributed by atoms with E-state index in [2.05, 4.69) is 0 Å². The third-order valence-electron chi connectivity index (χ3n) is 4.08. The molecule has 6 nitrogen and oxygen atoms in total. The number of fused-ring (bicyclic) bond motifs is 1. The van der Waals surface area contributed by atoms with Crippen molar-refractivity contribution in [2.24, 2.45) is 0 Å². The Morgan fingerprint density at radius 2 is 2.00 bits per heavy atom. The number of benzene rings is 1. The van der Waals surface area contributed by atoms with Gasteiger partial charge in [0.15, 0.2) is 0 Å². The van der Waals surface area contributed by atoms with Gasteiger partial charge in [-0.1, -0.05) is 0 Å². The lowest BCUT2D eigenvalue weighted by Gasteiger charge is -2.28. The van der Waals surface area contributed by atoms with E-state index >= 15 is 0 Å². The molecular formula is C14H17NO5S. The minimum absolute atomic E-state index is 0.194. The van der Waals surface area contributed by atoms with Crippen LogP contribution in [0.5, 0.6) is 0 Å². The molecule has 21 heavy (non-hydrogen) atoms. The van der Waals surface area contributed by atoms with Crippen LogP contribution in [0.1, 0.15) is 28.8 Å². The van der Waals surface area contributed by atoms with Gasteiger partial charge in [0.2, 0.25) is 10.0 Å². The number of sulfonamides is 1. The first-order valence-electron chi connectivity index (χ1n) is 6.95. The largest absolute Gasteiger partial charge is 0.478 e. The SMILES string of the molecule is O=C(O)c1ccc2c(c1)CCN2S(=O)(=O)C1CCOCC1. The van der Waals surface area contributed by atoms with Crippen molar-refractivity contribution in [2.45, 2.75) is 24.5 Å². The summed E-state index contributed by atoms with van der Waals surface area (Å²) in [6.45, 7) is 1.34. The van der Waals surface area contributed by atoms with Crippen molar-refractivity contribution < 1.29 is 23.1 Å². The van der Waals surface area contributed by atoms with Gasteiger partial charge in [-0.3, -0.25) is 4.31 Å². The second-order valence-electron chi connectivity index (χ2n) is 5.33. The fourth-order valence-corrected chi connectivity index (χ4v) is 4.87. The average Bonchev–Trinajstić information content (AvgIpc) is 2.91.